The van der Waals surface area contributed by atoms with Gasteiger partial charge in [0.25, 0.3) is 0 Å². The number of rotatable bonds is 7. The fourth-order valence-electron chi connectivity index (χ4n) is 3.45. The number of aromatic amines is 1. The van der Waals surface area contributed by atoms with Crippen molar-refractivity contribution in [2.24, 2.45) is 4.99 Å². The first-order valence-corrected chi connectivity index (χ1v) is 10.1. The predicted octanol–water partition coefficient (Wildman–Crippen LogP) is 4.79. The zero-order valence-electron chi connectivity index (χ0n) is 17.3. The molecule has 1 amide bonds. The number of aromatic nitrogens is 1. The second-order valence-corrected chi connectivity index (χ2v) is 6.96. The second kappa shape index (κ2) is 9.18. The van der Waals surface area contributed by atoms with E-state index < -0.39 is 5.97 Å². The van der Waals surface area contributed by atoms with Crippen LogP contribution in [0.2, 0.25) is 0 Å². The number of nitrogens with one attached hydrogen (secondary N) is 2. The van der Waals surface area contributed by atoms with Crippen molar-refractivity contribution in [3.05, 3.63) is 89.5 Å². The standard InChI is InChI=1S/C25H21N3O4/c1-2-32-25(31)17-8-13-20-21(14-17)28-24(30)22(20)23(16-6-4-3-5-7-16)27-19-11-9-18(10-12-19)26-15-29/h3-15,28,30H,2H2,1H3,(H,26,29). The number of aliphatic imine (C=N–C) groups is 1. The van der Waals surface area contributed by atoms with Gasteiger partial charge in [-0.25, -0.2) is 9.79 Å². The molecule has 7 heteroatoms. The Kier molecular flexibility index (Phi) is 5.98. The van der Waals surface area contributed by atoms with Crippen LogP contribution in [0, 0.1) is 0 Å². The molecule has 0 fully saturated rings. The molecule has 3 N–H and O–H groups in total. The van der Waals surface area contributed by atoms with E-state index in [1.807, 2.05) is 30.3 Å². The van der Waals surface area contributed by atoms with Crippen LogP contribution in [0.4, 0.5) is 11.4 Å². The van der Waals surface area contributed by atoms with Gasteiger partial charge in [-0.15, -0.1) is 0 Å². The van der Waals surface area contributed by atoms with Gasteiger partial charge < -0.3 is 20.1 Å². The fourth-order valence-corrected chi connectivity index (χ4v) is 3.45. The lowest BCUT2D eigenvalue weighted by Crippen LogP contribution is -2.05. The van der Waals surface area contributed by atoms with E-state index in [4.69, 9.17) is 9.73 Å². The molecule has 32 heavy (non-hydrogen) atoms. The van der Waals surface area contributed by atoms with E-state index in [2.05, 4.69) is 10.3 Å². The summed E-state index contributed by atoms with van der Waals surface area (Å²) in [6.07, 6.45) is 0.613. The molecule has 7 nitrogen and oxygen atoms in total. The Hall–Kier alpha value is -4.39. The second-order valence-electron chi connectivity index (χ2n) is 6.96. The summed E-state index contributed by atoms with van der Waals surface area (Å²) in [5.41, 5.74) is 4.19. The van der Waals surface area contributed by atoms with E-state index >= 15 is 0 Å². The van der Waals surface area contributed by atoms with Gasteiger partial charge in [0.15, 0.2) is 5.88 Å². The number of fused-ring (bicyclic) bond motifs is 1. The van der Waals surface area contributed by atoms with E-state index in [1.165, 1.54) is 0 Å². The summed E-state index contributed by atoms with van der Waals surface area (Å²) in [4.78, 5) is 30.5. The van der Waals surface area contributed by atoms with Crippen molar-refractivity contribution in [2.45, 2.75) is 6.92 Å². The zero-order valence-corrected chi connectivity index (χ0v) is 17.3. The molecule has 4 aromatic rings. The minimum atomic E-state index is -0.425. The van der Waals surface area contributed by atoms with Crippen LogP contribution in [0.25, 0.3) is 10.9 Å². The number of benzene rings is 3. The summed E-state index contributed by atoms with van der Waals surface area (Å²) in [7, 11) is 0. The number of nitrogens with zero attached hydrogens (tertiary/aromatic N) is 1. The summed E-state index contributed by atoms with van der Waals surface area (Å²) in [5, 5.41) is 14.1. The Labute approximate surface area is 184 Å². The number of ether oxygens (including phenoxy) is 1. The largest absolute Gasteiger partial charge is 0.494 e. The topological polar surface area (TPSA) is 104 Å². The molecule has 1 aromatic heterocycles. The van der Waals surface area contributed by atoms with E-state index in [9.17, 15) is 14.7 Å². The Morgan fingerprint density at radius 1 is 1.06 bits per heavy atom. The van der Waals surface area contributed by atoms with Crippen LogP contribution in [0.5, 0.6) is 5.88 Å². The van der Waals surface area contributed by atoms with E-state index in [1.54, 1.807) is 49.4 Å². The first-order valence-electron chi connectivity index (χ1n) is 10.1. The number of hydrogen-bond donors (Lipinski definition) is 3. The highest BCUT2D eigenvalue weighted by Crippen LogP contribution is 2.32. The highest BCUT2D eigenvalue weighted by Gasteiger charge is 2.20. The molecule has 0 saturated heterocycles. The monoisotopic (exact) mass is 427 g/mol. The average molecular weight is 427 g/mol. The number of hydrogen-bond acceptors (Lipinski definition) is 5. The number of anilines is 1. The number of H-pyrrole nitrogens is 1. The van der Waals surface area contributed by atoms with Crippen LogP contribution < -0.4 is 5.32 Å². The molecule has 0 unspecified atom stereocenters. The van der Waals surface area contributed by atoms with Crippen molar-refractivity contribution < 1.29 is 19.4 Å². The molecule has 0 atom stereocenters. The summed E-state index contributed by atoms with van der Waals surface area (Å²) < 4.78 is 5.07. The van der Waals surface area contributed by atoms with E-state index in [0.29, 0.717) is 40.1 Å². The van der Waals surface area contributed by atoms with Gasteiger partial charge in [-0.1, -0.05) is 36.4 Å². The normalized spacial score (nSPS) is 11.3. The van der Waals surface area contributed by atoms with Gasteiger partial charge in [0, 0.05) is 22.2 Å². The van der Waals surface area contributed by atoms with Gasteiger partial charge in [0.05, 0.1) is 29.1 Å². The van der Waals surface area contributed by atoms with E-state index in [0.717, 1.165) is 10.9 Å². The maximum absolute atomic E-state index is 12.1. The third kappa shape index (κ3) is 4.22. The van der Waals surface area contributed by atoms with Gasteiger partial charge in [-0.2, -0.15) is 0 Å². The molecular formula is C25H21N3O4. The summed E-state index contributed by atoms with van der Waals surface area (Å²) in [5.74, 6) is -0.478. The molecule has 0 bridgehead atoms. The van der Waals surface area contributed by atoms with Crippen LogP contribution in [-0.2, 0) is 9.53 Å². The first-order chi connectivity index (χ1) is 15.6. The first kappa shape index (κ1) is 20.9. The smallest absolute Gasteiger partial charge is 0.338 e. The van der Waals surface area contributed by atoms with Crippen LogP contribution in [-0.4, -0.2) is 34.8 Å². The fraction of sp³-hybridized carbons (Fsp3) is 0.0800. The summed E-state index contributed by atoms with van der Waals surface area (Å²) >= 11 is 0. The van der Waals surface area contributed by atoms with E-state index in [-0.39, 0.29) is 12.5 Å². The molecule has 4 rings (SSSR count). The lowest BCUT2D eigenvalue weighted by Gasteiger charge is -2.08. The van der Waals surface area contributed by atoms with Gasteiger partial charge in [0.1, 0.15) is 0 Å². The SMILES string of the molecule is CCOC(=O)c1ccc2c(C(=Nc3ccc(NC=O)cc3)c3ccccc3)c(O)[nH]c2c1. The van der Waals surface area contributed by atoms with Gasteiger partial charge >= 0.3 is 5.97 Å². The predicted molar refractivity (Wildman–Crippen MR) is 124 cm³/mol. The highest BCUT2D eigenvalue weighted by molar-refractivity contribution is 6.22. The van der Waals surface area contributed by atoms with Crippen molar-refractivity contribution in [1.82, 2.24) is 4.98 Å². The van der Waals surface area contributed by atoms with Crippen LogP contribution in [0.1, 0.15) is 28.4 Å². The minimum Gasteiger partial charge on any atom is -0.494 e. The zero-order chi connectivity index (χ0) is 22.5. The summed E-state index contributed by atoms with van der Waals surface area (Å²) in [6, 6.07) is 21.6. The maximum Gasteiger partial charge on any atom is 0.338 e. The number of aromatic hydroxyl groups is 1. The minimum absolute atomic E-state index is 0.0529. The van der Waals surface area contributed by atoms with Crippen molar-refractivity contribution in [3.63, 3.8) is 0 Å². The van der Waals surface area contributed by atoms with Crippen LogP contribution >= 0.6 is 0 Å². The molecule has 0 aliphatic carbocycles. The third-order valence-corrected chi connectivity index (χ3v) is 4.91. The molecular weight excluding hydrogens is 406 g/mol. The molecule has 0 aliphatic heterocycles. The molecule has 0 saturated carbocycles. The van der Waals surface area contributed by atoms with Gasteiger partial charge in [-0.05, 0) is 43.3 Å². The number of amides is 1. The lowest BCUT2D eigenvalue weighted by molar-refractivity contribution is -0.105. The Morgan fingerprint density at radius 3 is 2.50 bits per heavy atom. The Balaban J connectivity index is 1.85. The molecule has 160 valence electrons. The van der Waals surface area contributed by atoms with Crippen molar-refractivity contribution in [2.75, 3.05) is 11.9 Å². The summed E-state index contributed by atoms with van der Waals surface area (Å²) in [6.45, 7) is 2.03. The highest BCUT2D eigenvalue weighted by atomic mass is 16.5. The maximum atomic E-state index is 12.1. The van der Waals surface area contributed by atoms with Gasteiger partial charge in [-0.3, -0.25) is 4.79 Å². The van der Waals surface area contributed by atoms with Crippen molar-refractivity contribution in [3.8, 4) is 5.88 Å². The number of carbonyl (C=O) groups is 2. The van der Waals surface area contributed by atoms with Crippen LogP contribution in [0.3, 0.4) is 0 Å². The number of esters is 1. The molecule has 0 radical (unpaired) electrons. The average Bonchev–Trinajstić information content (AvgIpc) is 3.14. The van der Waals surface area contributed by atoms with Crippen LogP contribution in [0.15, 0.2) is 77.8 Å². The lowest BCUT2D eigenvalue weighted by atomic mass is 10.00. The molecule has 0 aliphatic rings. The van der Waals surface area contributed by atoms with Crippen molar-refractivity contribution in [1.29, 1.82) is 0 Å². The Bertz CT molecular complexity index is 1290. The van der Waals surface area contributed by atoms with Crippen molar-refractivity contribution >= 4 is 40.4 Å². The number of carbonyl (C=O) groups excluding carboxylic acids is 2. The molecule has 0 spiro atoms. The van der Waals surface area contributed by atoms with Gasteiger partial charge in [0.2, 0.25) is 6.41 Å². The quantitative estimate of drug-likeness (QED) is 0.224. The molecule has 3 aromatic carbocycles. The third-order valence-electron chi connectivity index (χ3n) is 4.91. The Morgan fingerprint density at radius 2 is 1.81 bits per heavy atom. The molecule has 1 heterocycles.